The van der Waals surface area contributed by atoms with E-state index in [-0.39, 0.29) is 24.5 Å². The molecule has 0 saturated carbocycles. The summed E-state index contributed by atoms with van der Waals surface area (Å²) in [5.41, 5.74) is 3.64. The van der Waals surface area contributed by atoms with Crippen LogP contribution >= 0.6 is 0 Å². The molecule has 0 unspecified atom stereocenters. The zero-order valence-corrected chi connectivity index (χ0v) is 20.1. The van der Waals surface area contributed by atoms with Crippen LogP contribution in [0.3, 0.4) is 0 Å². The van der Waals surface area contributed by atoms with Crippen LogP contribution < -0.4 is 10.2 Å². The summed E-state index contributed by atoms with van der Waals surface area (Å²) in [7, 11) is 0. The number of fused-ring (bicyclic) bond motifs is 1. The molecule has 9 nitrogen and oxygen atoms in total. The van der Waals surface area contributed by atoms with Crippen LogP contribution in [0.5, 0.6) is 0 Å². The van der Waals surface area contributed by atoms with Crippen LogP contribution in [0.25, 0.3) is 11.0 Å². The van der Waals surface area contributed by atoms with E-state index in [2.05, 4.69) is 20.6 Å². The van der Waals surface area contributed by atoms with E-state index in [0.717, 1.165) is 23.9 Å². The zero-order chi connectivity index (χ0) is 24.9. The van der Waals surface area contributed by atoms with Crippen molar-refractivity contribution < 1.29 is 14.3 Å². The smallest absolute Gasteiger partial charge is 0.249 e. The summed E-state index contributed by atoms with van der Waals surface area (Å²) in [4.78, 5) is 33.4. The van der Waals surface area contributed by atoms with Gasteiger partial charge in [-0.15, -0.1) is 5.10 Å². The standard InChI is InChI=1S/C27H28N6O3/c1-19-7-2-4-10-23(19)33(25(34)18-32-24-11-5-3-9-22(24)30-31-32)26(20-12-14-28-15-13-20)27(35)29-17-21-8-6-16-36-21/h2-5,7,9-15,21,26H,6,8,16-18H2,1H3,(H,29,35)/t21-,26+/m1/s1. The van der Waals surface area contributed by atoms with E-state index in [0.29, 0.717) is 29.9 Å². The van der Waals surface area contributed by atoms with E-state index in [9.17, 15) is 9.59 Å². The normalized spacial score (nSPS) is 16.1. The molecule has 0 radical (unpaired) electrons. The second-order valence-electron chi connectivity index (χ2n) is 8.85. The van der Waals surface area contributed by atoms with Gasteiger partial charge in [0.1, 0.15) is 18.1 Å². The highest BCUT2D eigenvalue weighted by atomic mass is 16.5. The van der Waals surface area contributed by atoms with Crippen LogP contribution in [0.1, 0.15) is 30.0 Å². The fourth-order valence-corrected chi connectivity index (χ4v) is 4.57. The number of nitrogens with one attached hydrogen (secondary N) is 1. The summed E-state index contributed by atoms with van der Waals surface area (Å²) >= 11 is 0. The number of para-hydroxylation sites is 2. The van der Waals surface area contributed by atoms with Crippen molar-refractivity contribution in [2.45, 2.75) is 38.5 Å². The van der Waals surface area contributed by atoms with Crippen molar-refractivity contribution in [1.29, 1.82) is 0 Å². The first-order valence-electron chi connectivity index (χ1n) is 12.1. The molecule has 4 aromatic rings. The third-order valence-corrected chi connectivity index (χ3v) is 6.41. The lowest BCUT2D eigenvalue weighted by Gasteiger charge is -2.32. The van der Waals surface area contributed by atoms with Crippen molar-refractivity contribution in [3.05, 3.63) is 84.2 Å². The van der Waals surface area contributed by atoms with Gasteiger partial charge in [-0.25, -0.2) is 4.68 Å². The summed E-state index contributed by atoms with van der Waals surface area (Å²) in [6.45, 7) is 2.95. The fourth-order valence-electron chi connectivity index (χ4n) is 4.57. The SMILES string of the molecule is Cc1ccccc1N(C(=O)Cn1nnc2ccccc21)[C@H](C(=O)NC[C@H]1CCCO1)c1ccncc1. The summed E-state index contributed by atoms with van der Waals surface area (Å²) in [6, 6.07) is 17.6. The summed E-state index contributed by atoms with van der Waals surface area (Å²) in [6.07, 6.45) is 5.12. The molecule has 1 aliphatic rings. The molecule has 1 aliphatic heterocycles. The van der Waals surface area contributed by atoms with Gasteiger partial charge in [0, 0.05) is 31.2 Å². The van der Waals surface area contributed by atoms with Crippen LogP contribution in [0.2, 0.25) is 0 Å². The van der Waals surface area contributed by atoms with Gasteiger partial charge < -0.3 is 10.1 Å². The number of benzene rings is 2. The first-order valence-corrected chi connectivity index (χ1v) is 12.1. The number of anilines is 1. The number of rotatable bonds is 8. The van der Waals surface area contributed by atoms with Crippen LogP contribution in [0.4, 0.5) is 5.69 Å². The first kappa shape index (κ1) is 23.6. The van der Waals surface area contributed by atoms with Gasteiger partial charge in [0.2, 0.25) is 11.8 Å². The Bertz CT molecular complexity index is 1350. The molecule has 0 spiro atoms. The minimum atomic E-state index is -0.905. The third-order valence-electron chi connectivity index (χ3n) is 6.41. The van der Waals surface area contributed by atoms with Gasteiger partial charge in [0.05, 0.1) is 11.6 Å². The molecule has 2 amide bonds. The predicted molar refractivity (Wildman–Crippen MR) is 135 cm³/mol. The Hall–Kier alpha value is -4.11. The number of ether oxygens (including phenoxy) is 1. The minimum Gasteiger partial charge on any atom is -0.376 e. The van der Waals surface area contributed by atoms with Gasteiger partial charge in [-0.05, 0) is 61.2 Å². The number of carbonyl (C=O) groups is 2. The zero-order valence-electron chi connectivity index (χ0n) is 20.1. The van der Waals surface area contributed by atoms with Crippen molar-refractivity contribution in [3.63, 3.8) is 0 Å². The average Bonchev–Trinajstić information content (AvgIpc) is 3.57. The molecule has 0 bridgehead atoms. The third kappa shape index (κ3) is 4.96. The molecule has 36 heavy (non-hydrogen) atoms. The van der Waals surface area contributed by atoms with E-state index < -0.39 is 6.04 Å². The minimum absolute atomic E-state index is 0.0174. The highest BCUT2D eigenvalue weighted by Gasteiger charge is 2.34. The second-order valence-corrected chi connectivity index (χ2v) is 8.85. The Morgan fingerprint density at radius 3 is 2.67 bits per heavy atom. The Labute approximate surface area is 209 Å². The molecule has 2 aromatic heterocycles. The van der Waals surface area contributed by atoms with Crippen molar-refractivity contribution in [1.82, 2.24) is 25.3 Å². The molecule has 1 saturated heterocycles. The highest BCUT2D eigenvalue weighted by molar-refractivity contribution is 6.02. The summed E-state index contributed by atoms with van der Waals surface area (Å²) in [5, 5.41) is 11.4. The highest BCUT2D eigenvalue weighted by Crippen LogP contribution is 2.31. The van der Waals surface area contributed by atoms with Crippen molar-refractivity contribution in [2.75, 3.05) is 18.1 Å². The molecule has 5 rings (SSSR count). The molecule has 1 N–H and O–H groups in total. The van der Waals surface area contributed by atoms with E-state index >= 15 is 0 Å². The molecule has 2 atom stereocenters. The predicted octanol–water partition coefficient (Wildman–Crippen LogP) is 3.20. The van der Waals surface area contributed by atoms with Crippen LogP contribution in [-0.4, -0.2) is 51.0 Å². The van der Waals surface area contributed by atoms with Gasteiger partial charge in [0.15, 0.2) is 0 Å². The molecule has 3 heterocycles. The Balaban J connectivity index is 1.53. The number of amides is 2. The number of hydrogen-bond donors (Lipinski definition) is 1. The Kier molecular flexibility index (Phi) is 6.99. The maximum Gasteiger partial charge on any atom is 0.249 e. The van der Waals surface area contributed by atoms with Crippen molar-refractivity contribution >= 4 is 28.5 Å². The molecule has 184 valence electrons. The maximum atomic E-state index is 14.0. The Morgan fingerprint density at radius 2 is 1.89 bits per heavy atom. The lowest BCUT2D eigenvalue weighted by Crippen LogP contribution is -2.47. The van der Waals surface area contributed by atoms with E-state index in [1.54, 1.807) is 34.1 Å². The van der Waals surface area contributed by atoms with E-state index in [1.807, 2.05) is 55.5 Å². The second kappa shape index (κ2) is 10.7. The van der Waals surface area contributed by atoms with Gasteiger partial charge in [-0.1, -0.05) is 35.5 Å². The number of aromatic nitrogens is 4. The molecular formula is C27H28N6O3. The lowest BCUT2D eigenvalue weighted by atomic mass is 10.0. The molecule has 9 heteroatoms. The molecule has 0 aliphatic carbocycles. The van der Waals surface area contributed by atoms with Gasteiger partial charge in [-0.3, -0.25) is 19.5 Å². The summed E-state index contributed by atoms with van der Waals surface area (Å²) in [5.74, 6) is -0.564. The van der Waals surface area contributed by atoms with E-state index in [1.165, 1.54) is 0 Å². The van der Waals surface area contributed by atoms with Crippen LogP contribution in [0.15, 0.2) is 73.1 Å². The number of nitrogens with zero attached hydrogens (tertiary/aromatic N) is 5. The average molecular weight is 485 g/mol. The molecule has 2 aromatic carbocycles. The van der Waals surface area contributed by atoms with E-state index in [4.69, 9.17) is 4.74 Å². The quantitative estimate of drug-likeness (QED) is 0.412. The summed E-state index contributed by atoms with van der Waals surface area (Å²) < 4.78 is 7.25. The number of carbonyl (C=O) groups excluding carboxylic acids is 2. The van der Waals surface area contributed by atoms with Crippen molar-refractivity contribution in [2.24, 2.45) is 0 Å². The van der Waals surface area contributed by atoms with Gasteiger partial charge in [0.25, 0.3) is 0 Å². The molecule has 1 fully saturated rings. The van der Waals surface area contributed by atoms with Gasteiger partial charge >= 0.3 is 0 Å². The maximum absolute atomic E-state index is 14.0. The number of aryl methyl sites for hydroxylation is 1. The number of hydrogen-bond acceptors (Lipinski definition) is 6. The first-order chi connectivity index (χ1) is 17.6. The topological polar surface area (TPSA) is 102 Å². The lowest BCUT2D eigenvalue weighted by molar-refractivity contribution is -0.127. The molecular weight excluding hydrogens is 456 g/mol. The van der Waals surface area contributed by atoms with Gasteiger partial charge in [-0.2, -0.15) is 0 Å². The largest absolute Gasteiger partial charge is 0.376 e. The van der Waals surface area contributed by atoms with Crippen LogP contribution in [0, 0.1) is 6.92 Å². The number of pyridine rings is 1. The monoisotopic (exact) mass is 484 g/mol. The van der Waals surface area contributed by atoms with Crippen LogP contribution in [-0.2, 0) is 20.9 Å². The van der Waals surface area contributed by atoms with Crippen molar-refractivity contribution in [3.8, 4) is 0 Å². The Morgan fingerprint density at radius 1 is 1.11 bits per heavy atom. The fraction of sp³-hybridized carbons (Fsp3) is 0.296.